The van der Waals surface area contributed by atoms with Gasteiger partial charge in [0, 0.05) is 63.6 Å². The predicted octanol–water partition coefficient (Wildman–Crippen LogP) is 4.95. The molecule has 4 rings (SSSR count). The van der Waals surface area contributed by atoms with E-state index in [2.05, 4.69) is 69.4 Å². The second-order valence-electron chi connectivity index (χ2n) is 9.98. The maximum Gasteiger partial charge on any atom is 0.229 e. The number of piperazine rings is 1. The largest absolute Gasteiger partial charge is 0.369 e. The molecular weight excluding hydrogens is 474 g/mol. The van der Waals surface area contributed by atoms with Crippen molar-refractivity contribution in [3.05, 3.63) is 35.0 Å². The van der Waals surface area contributed by atoms with Crippen molar-refractivity contribution in [1.29, 1.82) is 0 Å². The van der Waals surface area contributed by atoms with E-state index in [0.29, 0.717) is 35.7 Å². The Hall–Kier alpha value is -2.58. The van der Waals surface area contributed by atoms with Crippen molar-refractivity contribution in [3.63, 3.8) is 0 Å². The van der Waals surface area contributed by atoms with Crippen LogP contribution in [0.3, 0.4) is 0 Å². The molecule has 2 aliphatic rings. The summed E-state index contributed by atoms with van der Waals surface area (Å²) < 4.78 is 0. The first-order chi connectivity index (χ1) is 17.4. The average Bonchev–Trinajstić information content (AvgIpc) is 2.89. The van der Waals surface area contributed by atoms with Crippen molar-refractivity contribution >= 4 is 40.6 Å². The number of piperidine rings is 1. The first-order valence-corrected chi connectivity index (χ1v) is 13.7. The van der Waals surface area contributed by atoms with Gasteiger partial charge in [0.05, 0.1) is 6.20 Å². The number of amides is 1. The van der Waals surface area contributed by atoms with Gasteiger partial charge in [-0.1, -0.05) is 32.4 Å². The van der Waals surface area contributed by atoms with Crippen molar-refractivity contribution < 1.29 is 4.79 Å². The second kappa shape index (κ2) is 12.6. The zero-order chi connectivity index (χ0) is 25.5. The van der Waals surface area contributed by atoms with Crippen molar-refractivity contribution in [3.8, 4) is 0 Å². The Morgan fingerprint density at radius 3 is 2.64 bits per heavy atom. The molecule has 0 bridgehead atoms. The summed E-state index contributed by atoms with van der Waals surface area (Å²) in [6.45, 7) is 14.4. The zero-order valence-electron chi connectivity index (χ0n) is 21.9. The highest BCUT2D eigenvalue weighted by molar-refractivity contribution is 6.32. The smallest absolute Gasteiger partial charge is 0.229 e. The van der Waals surface area contributed by atoms with E-state index in [1.165, 1.54) is 11.3 Å². The molecule has 8 nitrogen and oxygen atoms in total. The van der Waals surface area contributed by atoms with Gasteiger partial charge in [0.15, 0.2) is 0 Å². The molecule has 2 fully saturated rings. The van der Waals surface area contributed by atoms with E-state index in [1.807, 2.05) is 4.90 Å². The van der Waals surface area contributed by atoms with E-state index in [-0.39, 0.29) is 5.91 Å². The molecule has 0 unspecified atom stereocenters. The van der Waals surface area contributed by atoms with Gasteiger partial charge in [-0.25, -0.2) is 4.98 Å². The Balaban J connectivity index is 1.38. The van der Waals surface area contributed by atoms with Gasteiger partial charge in [-0.15, -0.1) is 0 Å². The molecule has 2 N–H and O–H groups in total. The Morgan fingerprint density at radius 1 is 1.11 bits per heavy atom. The number of likely N-dealkylation sites (N-methyl/N-ethyl adjacent to an activating group) is 1. The van der Waals surface area contributed by atoms with Gasteiger partial charge in [-0.2, -0.15) is 4.98 Å². The molecule has 0 spiro atoms. The lowest BCUT2D eigenvalue weighted by molar-refractivity contribution is -0.133. The number of benzene rings is 1. The molecule has 1 aromatic carbocycles. The molecule has 36 heavy (non-hydrogen) atoms. The van der Waals surface area contributed by atoms with Crippen molar-refractivity contribution in [2.45, 2.75) is 52.4 Å². The summed E-state index contributed by atoms with van der Waals surface area (Å²) in [6, 6.07) is 6.62. The van der Waals surface area contributed by atoms with Gasteiger partial charge in [0.1, 0.15) is 10.8 Å². The van der Waals surface area contributed by atoms with Crippen LogP contribution >= 0.6 is 11.6 Å². The molecule has 0 aliphatic carbocycles. The molecule has 1 amide bonds. The fourth-order valence-corrected chi connectivity index (χ4v) is 5.07. The van der Waals surface area contributed by atoms with Crippen LogP contribution in [0.15, 0.2) is 24.4 Å². The number of hydrogen-bond acceptors (Lipinski definition) is 7. The monoisotopic (exact) mass is 513 g/mol. The lowest BCUT2D eigenvalue weighted by Crippen LogP contribution is -2.46. The van der Waals surface area contributed by atoms with Crippen LogP contribution in [0.5, 0.6) is 0 Å². The third kappa shape index (κ3) is 6.79. The van der Waals surface area contributed by atoms with E-state index < -0.39 is 0 Å². The highest BCUT2D eigenvalue weighted by Crippen LogP contribution is 2.32. The Labute approximate surface area is 220 Å². The third-order valence-electron chi connectivity index (χ3n) is 7.15. The standard InChI is InChI=1S/C27H40ClN7O/c1-4-33-14-16-34(17-15-33)21-9-10-24(22(18-21)20(2)3)31-27-30-19-23(28)26(32-27)29-11-7-13-35-12-6-5-8-25(35)36/h9-10,18-20H,4-8,11-17H2,1-3H3,(H2,29,30,31,32). The lowest BCUT2D eigenvalue weighted by atomic mass is 9.99. The molecule has 2 aromatic rings. The summed E-state index contributed by atoms with van der Waals surface area (Å²) in [4.78, 5) is 28.0. The Morgan fingerprint density at radius 2 is 1.92 bits per heavy atom. The number of hydrogen-bond donors (Lipinski definition) is 2. The predicted molar refractivity (Wildman–Crippen MR) is 149 cm³/mol. The Kier molecular flexibility index (Phi) is 9.26. The van der Waals surface area contributed by atoms with Crippen LogP contribution in [-0.4, -0.2) is 78.0 Å². The van der Waals surface area contributed by atoms with E-state index in [4.69, 9.17) is 11.6 Å². The molecule has 9 heteroatoms. The summed E-state index contributed by atoms with van der Waals surface area (Å²) in [5.74, 6) is 1.74. The molecule has 2 aliphatic heterocycles. The van der Waals surface area contributed by atoms with Crippen LogP contribution < -0.4 is 15.5 Å². The van der Waals surface area contributed by atoms with Crippen LogP contribution in [0.1, 0.15) is 57.9 Å². The maximum atomic E-state index is 12.0. The first-order valence-electron chi connectivity index (χ1n) is 13.4. The average molecular weight is 514 g/mol. The summed E-state index contributed by atoms with van der Waals surface area (Å²) in [5.41, 5.74) is 3.52. The normalized spacial score (nSPS) is 17.1. The van der Waals surface area contributed by atoms with Gasteiger partial charge in [-0.05, 0) is 55.5 Å². The molecular formula is C27H40ClN7O. The number of rotatable bonds is 10. The number of carbonyl (C=O) groups excluding carboxylic acids is 1. The molecule has 0 saturated carbocycles. The van der Waals surface area contributed by atoms with Crippen LogP contribution in [0.2, 0.25) is 5.02 Å². The van der Waals surface area contributed by atoms with Crippen molar-refractivity contribution in [2.24, 2.45) is 0 Å². The second-order valence-corrected chi connectivity index (χ2v) is 10.4. The molecule has 0 atom stereocenters. The third-order valence-corrected chi connectivity index (χ3v) is 7.43. The van der Waals surface area contributed by atoms with Gasteiger partial charge in [0.25, 0.3) is 0 Å². The fourth-order valence-electron chi connectivity index (χ4n) is 4.91. The topological polar surface area (TPSA) is 76.6 Å². The number of aromatic nitrogens is 2. The number of nitrogens with zero attached hydrogens (tertiary/aromatic N) is 5. The summed E-state index contributed by atoms with van der Waals surface area (Å²) in [5, 5.41) is 7.22. The summed E-state index contributed by atoms with van der Waals surface area (Å²) in [7, 11) is 0. The minimum atomic E-state index is 0.267. The lowest BCUT2D eigenvalue weighted by Gasteiger charge is -2.36. The van der Waals surface area contributed by atoms with E-state index in [9.17, 15) is 4.79 Å². The number of carbonyl (C=O) groups is 1. The van der Waals surface area contributed by atoms with E-state index >= 15 is 0 Å². The molecule has 3 heterocycles. The molecule has 196 valence electrons. The molecule has 0 radical (unpaired) electrons. The SMILES string of the molecule is CCN1CCN(c2ccc(Nc3ncc(Cl)c(NCCCN4CCCCC4=O)n3)c(C(C)C)c2)CC1. The van der Waals surface area contributed by atoms with Crippen LogP contribution in [-0.2, 0) is 4.79 Å². The van der Waals surface area contributed by atoms with Gasteiger partial charge < -0.3 is 25.3 Å². The first kappa shape index (κ1) is 26.5. The number of likely N-dealkylation sites (tertiary alicyclic amines) is 1. The van der Waals surface area contributed by atoms with Crippen LogP contribution in [0.4, 0.5) is 23.1 Å². The van der Waals surface area contributed by atoms with Gasteiger partial charge in [-0.3, -0.25) is 4.79 Å². The highest BCUT2D eigenvalue weighted by atomic mass is 35.5. The molecule has 1 aromatic heterocycles. The van der Waals surface area contributed by atoms with Crippen molar-refractivity contribution in [1.82, 2.24) is 19.8 Å². The minimum Gasteiger partial charge on any atom is -0.369 e. The van der Waals surface area contributed by atoms with Crippen LogP contribution in [0, 0.1) is 0 Å². The minimum absolute atomic E-state index is 0.267. The van der Waals surface area contributed by atoms with Crippen LogP contribution in [0.25, 0.3) is 0 Å². The van der Waals surface area contributed by atoms with Crippen molar-refractivity contribution in [2.75, 3.05) is 67.9 Å². The number of nitrogens with one attached hydrogen (secondary N) is 2. The van der Waals surface area contributed by atoms with E-state index in [0.717, 1.165) is 70.8 Å². The van der Waals surface area contributed by atoms with E-state index in [1.54, 1.807) is 6.20 Å². The Bertz CT molecular complexity index is 1020. The fraction of sp³-hybridized carbons (Fsp3) is 0.593. The molecule has 2 saturated heterocycles. The number of halogens is 1. The summed E-state index contributed by atoms with van der Waals surface area (Å²) in [6.07, 6.45) is 5.26. The quantitative estimate of drug-likeness (QED) is 0.435. The van der Waals surface area contributed by atoms with Gasteiger partial charge >= 0.3 is 0 Å². The number of anilines is 4. The van der Waals surface area contributed by atoms with Gasteiger partial charge in [0.2, 0.25) is 11.9 Å². The summed E-state index contributed by atoms with van der Waals surface area (Å²) >= 11 is 6.37. The maximum absolute atomic E-state index is 12.0. The zero-order valence-corrected chi connectivity index (χ0v) is 22.7. The highest BCUT2D eigenvalue weighted by Gasteiger charge is 2.19.